The van der Waals surface area contributed by atoms with E-state index in [2.05, 4.69) is 45.8 Å². The van der Waals surface area contributed by atoms with Crippen molar-refractivity contribution in [2.45, 2.75) is 51.7 Å². The minimum atomic E-state index is -1.68. The summed E-state index contributed by atoms with van der Waals surface area (Å²) in [5.74, 6) is 0.953. The molecule has 0 saturated carbocycles. The molecule has 1 rings (SSSR count). The van der Waals surface area contributed by atoms with Gasteiger partial charge in [-0.25, -0.2) is 0 Å². The zero-order chi connectivity index (χ0) is 14.7. The Morgan fingerprint density at radius 3 is 2.21 bits per heavy atom. The Morgan fingerprint density at radius 2 is 1.79 bits per heavy atom. The molecule has 1 aliphatic heterocycles. The average molecular weight is 288 g/mol. The molecule has 0 radical (unpaired) electrons. The number of rotatable bonds is 5. The Morgan fingerprint density at radius 1 is 1.26 bits per heavy atom. The molecule has 1 heterocycles. The van der Waals surface area contributed by atoms with Gasteiger partial charge in [0.1, 0.15) is 0 Å². The van der Waals surface area contributed by atoms with Crippen LogP contribution in [0.5, 0.6) is 0 Å². The smallest absolute Gasteiger partial charge is 0.191 e. The number of hydrogen-bond donors (Lipinski definition) is 1. The molecule has 1 unspecified atom stereocenters. The molecule has 3 nitrogen and oxygen atoms in total. The summed E-state index contributed by atoms with van der Waals surface area (Å²) < 4.78 is 6.29. The highest BCUT2D eigenvalue weighted by molar-refractivity contribution is 6.74. The third-order valence-corrected chi connectivity index (χ3v) is 9.63. The van der Waals surface area contributed by atoms with Gasteiger partial charge in [-0.2, -0.15) is 0 Å². The molecule has 1 saturated heterocycles. The first kappa shape index (κ1) is 17.1. The summed E-state index contributed by atoms with van der Waals surface area (Å²) in [5, 5.41) is 9.92. The SMILES string of the molecule is CN1CCC(C(CO)CO[Si](C)(C)C(C)(C)C)CC1. The first-order chi connectivity index (χ1) is 8.67. The molecular weight excluding hydrogens is 254 g/mol. The Bertz CT molecular complexity index is 268. The maximum atomic E-state index is 9.67. The first-order valence-corrected chi connectivity index (χ1v) is 10.5. The second-order valence-electron chi connectivity index (χ2n) is 7.65. The monoisotopic (exact) mass is 287 g/mol. The maximum absolute atomic E-state index is 9.67. The van der Waals surface area contributed by atoms with Crippen molar-refractivity contribution >= 4 is 8.32 Å². The lowest BCUT2D eigenvalue weighted by molar-refractivity contribution is 0.0762. The zero-order valence-electron chi connectivity index (χ0n) is 13.7. The highest BCUT2D eigenvalue weighted by Gasteiger charge is 2.38. The molecule has 0 amide bonds. The van der Waals surface area contributed by atoms with Crippen molar-refractivity contribution < 1.29 is 9.53 Å². The van der Waals surface area contributed by atoms with Crippen LogP contribution in [0.3, 0.4) is 0 Å². The van der Waals surface area contributed by atoms with Crippen molar-refractivity contribution in [2.75, 3.05) is 33.4 Å². The third kappa shape index (κ3) is 4.85. The largest absolute Gasteiger partial charge is 0.416 e. The summed E-state index contributed by atoms with van der Waals surface area (Å²) >= 11 is 0. The predicted octanol–water partition coefficient (Wildman–Crippen LogP) is 2.96. The van der Waals surface area contributed by atoms with E-state index in [0.29, 0.717) is 11.8 Å². The van der Waals surface area contributed by atoms with Crippen LogP contribution in [0.15, 0.2) is 0 Å². The average Bonchev–Trinajstić information content (AvgIpc) is 2.30. The van der Waals surface area contributed by atoms with Crippen LogP contribution in [0.25, 0.3) is 0 Å². The van der Waals surface area contributed by atoms with Gasteiger partial charge < -0.3 is 14.4 Å². The van der Waals surface area contributed by atoms with Crippen LogP contribution in [0, 0.1) is 11.8 Å². The normalized spacial score (nSPS) is 21.6. The van der Waals surface area contributed by atoms with Crippen molar-refractivity contribution in [3.8, 4) is 0 Å². The summed E-state index contributed by atoms with van der Waals surface area (Å²) in [6.45, 7) is 14.7. The van der Waals surface area contributed by atoms with Gasteiger partial charge in [0, 0.05) is 19.1 Å². The van der Waals surface area contributed by atoms with E-state index in [4.69, 9.17) is 4.43 Å². The van der Waals surface area contributed by atoms with E-state index < -0.39 is 8.32 Å². The molecule has 1 aliphatic rings. The molecule has 0 aliphatic carbocycles. The number of piperidine rings is 1. The van der Waals surface area contributed by atoms with Gasteiger partial charge in [0.05, 0.1) is 0 Å². The lowest BCUT2D eigenvalue weighted by atomic mass is 9.85. The first-order valence-electron chi connectivity index (χ1n) is 7.61. The van der Waals surface area contributed by atoms with E-state index in [1.54, 1.807) is 0 Å². The number of aliphatic hydroxyl groups excluding tert-OH is 1. The van der Waals surface area contributed by atoms with E-state index >= 15 is 0 Å². The van der Waals surface area contributed by atoms with Crippen LogP contribution < -0.4 is 0 Å². The van der Waals surface area contributed by atoms with Crippen LogP contribution in [0.1, 0.15) is 33.6 Å². The second kappa shape index (κ2) is 6.70. The minimum Gasteiger partial charge on any atom is -0.416 e. The Kier molecular flexibility index (Phi) is 6.05. The molecule has 1 atom stereocenters. The van der Waals surface area contributed by atoms with Crippen molar-refractivity contribution in [2.24, 2.45) is 11.8 Å². The zero-order valence-corrected chi connectivity index (χ0v) is 14.7. The van der Waals surface area contributed by atoms with Gasteiger partial charge in [-0.1, -0.05) is 20.8 Å². The fraction of sp³-hybridized carbons (Fsp3) is 1.00. The van der Waals surface area contributed by atoms with Gasteiger partial charge >= 0.3 is 0 Å². The maximum Gasteiger partial charge on any atom is 0.191 e. The molecular formula is C15H33NO2Si. The molecule has 0 aromatic rings. The fourth-order valence-corrected chi connectivity index (χ4v) is 3.43. The lowest BCUT2D eigenvalue weighted by Gasteiger charge is -2.39. The van der Waals surface area contributed by atoms with Crippen molar-refractivity contribution in [1.29, 1.82) is 0 Å². The van der Waals surface area contributed by atoms with Crippen LogP contribution in [0.2, 0.25) is 18.1 Å². The molecule has 1 fully saturated rings. The second-order valence-corrected chi connectivity index (χ2v) is 12.5. The number of nitrogens with zero attached hydrogens (tertiary/aromatic N) is 1. The van der Waals surface area contributed by atoms with Gasteiger partial charge in [-0.05, 0) is 57.0 Å². The standard InChI is InChI=1S/C15H33NO2Si/c1-15(2,3)19(5,6)18-12-14(11-17)13-7-9-16(4)10-8-13/h13-14,17H,7-12H2,1-6H3. The fourth-order valence-electron chi connectivity index (χ4n) is 2.37. The highest BCUT2D eigenvalue weighted by Crippen LogP contribution is 2.37. The Balaban J connectivity index is 2.49. The summed E-state index contributed by atoms with van der Waals surface area (Å²) in [6.07, 6.45) is 2.39. The van der Waals surface area contributed by atoms with Crippen LogP contribution in [0.4, 0.5) is 0 Å². The summed E-state index contributed by atoms with van der Waals surface area (Å²) in [7, 11) is 0.494. The van der Waals surface area contributed by atoms with Crippen LogP contribution in [-0.2, 0) is 4.43 Å². The summed E-state index contributed by atoms with van der Waals surface area (Å²) in [4.78, 5) is 2.37. The summed E-state index contributed by atoms with van der Waals surface area (Å²) in [5.41, 5.74) is 0. The van der Waals surface area contributed by atoms with E-state index in [1.165, 1.54) is 12.8 Å². The van der Waals surface area contributed by atoms with Crippen LogP contribution in [-0.4, -0.2) is 51.7 Å². The molecule has 0 bridgehead atoms. The van der Waals surface area contributed by atoms with Gasteiger partial charge in [-0.15, -0.1) is 0 Å². The number of aliphatic hydroxyl groups is 1. The number of hydrogen-bond acceptors (Lipinski definition) is 3. The summed E-state index contributed by atoms with van der Waals surface area (Å²) in [6, 6.07) is 0. The molecule has 19 heavy (non-hydrogen) atoms. The van der Waals surface area contributed by atoms with E-state index in [-0.39, 0.29) is 11.6 Å². The topological polar surface area (TPSA) is 32.7 Å². The molecule has 0 aromatic carbocycles. The molecule has 0 spiro atoms. The minimum absolute atomic E-state index is 0.250. The third-order valence-electron chi connectivity index (χ3n) is 5.13. The molecule has 1 N–H and O–H groups in total. The van der Waals surface area contributed by atoms with Crippen molar-refractivity contribution in [1.82, 2.24) is 4.90 Å². The quantitative estimate of drug-likeness (QED) is 0.789. The molecule has 4 heteroatoms. The van der Waals surface area contributed by atoms with E-state index in [0.717, 1.165) is 19.7 Å². The van der Waals surface area contributed by atoms with Gasteiger partial charge in [-0.3, -0.25) is 0 Å². The molecule has 114 valence electrons. The van der Waals surface area contributed by atoms with Gasteiger partial charge in [0.25, 0.3) is 0 Å². The van der Waals surface area contributed by atoms with E-state index in [9.17, 15) is 5.11 Å². The number of likely N-dealkylation sites (tertiary alicyclic amines) is 1. The van der Waals surface area contributed by atoms with E-state index in [1.807, 2.05) is 0 Å². The van der Waals surface area contributed by atoms with Gasteiger partial charge in [0.15, 0.2) is 8.32 Å². The Labute approximate surface area is 120 Å². The van der Waals surface area contributed by atoms with Gasteiger partial charge in [0.2, 0.25) is 0 Å². The van der Waals surface area contributed by atoms with Crippen LogP contribution >= 0.6 is 0 Å². The van der Waals surface area contributed by atoms with Crippen molar-refractivity contribution in [3.63, 3.8) is 0 Å². The van der Waals surface area contributed by atoms with Crippen molar-refractivity contribution in [3.05, 3.63) is 0 Å². The predicted molar refractivity (Wildman–Crippen MR) is 83.9 cm³/mol. The Hall–Kier alpha value is 0.0969. The highest BCUT2D eigenvalue weighted by atomic mass is 28.4. The molecule has 0 aromatic heterocycles. The lowest BCUT2D eigenvalue weighted by Crippen LogP contribution is -2.44.